The number of nitrogens with one attached hydrogen (secondary N) is 1. The van der Waals surface area contributed by atoms with Gasteiger partial charge in [-0.25, -0.2) is 8.42 Å². The van der Waals surface area contributed by atoms with Gasteiger partial charge in [-0.15, -0.1) is 0 Å². The van der Waals surface area contributed by atoms with Gasteiger partial charge in [-0.3, -0.25) is 0 Å². The van der Waals surface area contributed by atoms with Gasteiger partial charge in [-0.2, -0.15) is 0 Å². The van der Waals surface area contributed by atoms with Gasteiger partial charge in [-0.05, 0) is 61.9 Å². The number of hydrogen-bond donors (Lipinski definition) is 1. The normalized spacial score (nSPS) is 25.2. The molecule has 0 radical (unpaired) electrons. The van der Waals surface area contributed by atoms with Crippen LogP contribution >= 0.6 is 0 Å². The molecule has 1 fully saturated rings. The molecule has 1 aliphatic carbocycles. The Morgan fingerprint density at radius 2 is 1.90 bits per heavy atom. The molecule has 0 heterocycles. The van der Waals surface area contributed by atoms with Crippen molar-refractivity contribution >= 4 is 9.84 Å². The first-order valence-electron chi connectivity index (χ1n) is 7.74. The molecule has 1 aliphatic rings. The maximum absolute atomic E-state index is 13.0. The van der Waals surface area contributed by atoms with Crippen LogP contribution < -0.4 is 5.32 Å². The first-order valence-corrected chi connectivity index (χ1v) is 9.29. The highest BCUT2D eigenvalue weighted by molar-refractivity contribution is 7.92. The zero-order valence-corrected chi connectivity index (χ0v) is 14.5. The Morgan fingerprint density at radius 1 is 1.24 bits per heavy atom. The lowest BCUT2D eigenvalue weighted by molar-refractivity contribution is 0.288. The van der Waals surface area contributed by atoms with Crippen LogP contribution in [-0.2, 0) is 9.84 Å². The van der Waals surface area contributed by atoms with Gasteiger partial charge in [0.05, 0.1) is 10.1 Å². The Hall–Kier alpha value is -0.870. The molecule has 2 rings (SSSR count). The van der Waals surface area contributed by atoms with Crippen molar-refractivity contribution in [2.45, 2.75) is 63.6 Å². The molecule has 2 unspecified atom stereocenters. The van der Waals surface area contributed by atoms with Crippen LogP contribution in [0.5, 0.6) is 0 Å². The minimum Gasteiger partial charge on any atom is -0.312 e. The van der Waals surface area contributed by atoms with E-state index in [2.05, 4.69) is 19.2 Å². The van der Waals surface area contributed by atoms with E-state index in [-0.39, 0.29) is 16.7 Å². The Morgan fingerprint density at radius 3 is 2.48 bits per heavy atom. The van der Waals surface area contributed by atoms with Crippen LogP contribution in [0.3, 0.4) is 0 Å². The average Bonchev–Trinajstić information content (AvgIpc) is 2.69. The summed E-state index contributed by atoms with van der Waals surface area (Å²) in [4.78, 5) is 0.469. The molecule has 0 amide bonds. The number of hydrogen-bond acceptors (Lipinski definition) is 3. The van der Waals surface area contributed by atoms with E-state index in [4.69, 9.17) is 0 Å². The molecule has 0 aromatic heterocycles. The summed E-state index contributed by atoms with van der Waals surface area (Å²) in [5, 5.41) is 3.08. The van der Waals surface area contributed by atoms with Crippen LogP contribution in [0.15, 0.2) is 23.1 Å². The maximum atomic E-state index is 13.0. The highest BCUT2D eigenvalue weighted by Gasteiger charge is 2.47. The Labute approximate surface area is 129 Å². The highest BCUT2D eigenvalue weighted by atomic mass is 32.2. The molecular weight excluding hydrogens is 282 g/mol. The van der Waals surface area contributed by atoms with Gasteiger partial charge in [0.25, 0.3) is 0 Å². The molecule has 3 nitrogen and oxygen atoms in total. The van der Waals surface area contributed by atoms with E-state index in [0.29, 0.717) is 4.90 Å². The van der Waals surface area contributed by atoms with Gasteiger partial charge in [0.2, 0.25) is 0 Å². The second kappa shape index (κ2) is 5.73. The van der Waals surface area contributed by atoms with Gasteiger partial charge in [0.15, 0.2) is 9.84 Å². The third kappa shape index (κ3) is 3.02. The van der Waals surface area contributed by atoms with E-state index in [1.165, 1.54) is 0 Å². The topological polar surface area (TPSA) is 46.2 Å². The number of sulfone groups is 1. The predicted molar refractivity (Wildman–Crippen MR) is 87.4 cm³/mol. The van der Waals surface area contributed by atoms with Crippen molar-refractivity contribution in [2.24, 2.45) is 5.41 Å². The molecule has 0 bridgehead atoms. The van der Waals surface area contributed by atoms with E-state index in [1.54, 1.807) is 6.07 Å². The van der Waals surface area contributed by atoms with Crippen LogP contribution in [0.25, 0.3) is 0 Å². The molecule has 4 heteroatoms. The maximum Gasteiger partial charge on any atom is 0.182 e. The monoisotopic (exact) mass is 309 g/mol. The lowest BCUT2D eigenvalue weighted by Gasteiger charge is -2.31. The molecule has 0 spiro atoms. The first kappa shape index (κ1) is 16.5. The molecule has 1 aromatic carbocycles. The van der Waals surface area contributed by atoms with E-state index in [1.807, 2.05) is 32.9 Å². The van der Waals surface area contributed by atoms with Gasteiger partial charge in [-0.1, -0.05) is 26.8 Å². The van der Waals surface area contributed by atoms with Gasteiger partial charge < -0.3 is 5.32 Å². The van der Waals surface area contributed by atoms with Crippen LogP contribution in [0, 0.1) is 19.3 Å². The second-order valence-corrected chi connectivity index (χ2v) is 9.06. The fraction of sp³-hybridized carbons (Fsp3) is 0.647. The summed E-state index contributed by atoms with van der Waals surface area (Å²) in [7, 11) is -3.28. The van der Waals surface area contributed by atoms with Crippen molar-refractivity contribution in [1.82, 2.24) is 5.32 Å². The van der Waals surface area contributed by atoms with Crippen molar-refractivity contribution in [3.05, 3.63) is 29.3 Å². The van der Waals surface area contributed by atoms with Gasteiger partial charge in [0.1, 0.15) is 0 Å². The summed E-state index contributed by atoms with van der Waals surface area (Å²) in [5.41, 5.74) is 2.19. The molecular formula is C17H27NO2S. The molecule has 21 heavy (non-hydrogen) atoms. The summed E-state index contributed by atoms with van der Waals surface area (Å²) in [6.07, 6.45) is 1.68. The summed E-state index contributed by atoms with van der Waals surface area (Å²) < 4.78 is 26.1. The van der Waals surface area contributed by atoms with Crippen molar-refractivity contribution < 1.29 is 8.42 Å². The van der Waals surface area contributed by atoms with Crippen molar-refractivity contribution in [3.8, 4) is 0 Å². The molecule has 1 saturated carbocycles. The van der Waals surface area contributed by atoms with Crippen LogP contribution in [0.2, 0.25) is 0 Å². The Bertz CT molecular complexity index is 620. The van der Waals surface area contributed by atoms with E-state index >= 15 is 0 Å². The molecule has 1 N–H and O–H groups in total. The van der Waals surface area contributed by atoms with E-state index in [0.717, 1.165) is 30.5 Å². The number of benzene rings is 1. The van der Waals surface area contributed by atoms with Gasteiger partial charge in [0, 0.05) is 6.04 Å². The summed E-state index contributed by atoms with van der Waals surface area (Å²) in [5.74, 6) is 0. The fourth-order valence-corrected chi connectivity index (χ4v) is 5.57. The predicted octanol–water partition coefficient (Wildman–Crippen LogP) is 3.24. The first-order chi connectivity index (χ1) is 9.70. The molecule has 0 aliphatic heterocycles. The zero-order valence-electron chi connectivity index (χ0n) is 13.7. The molecule has 2 atom stereocenters. The summed E-state index contributed by atoms with van der Waals surface area (Å²) in [6, 6.07) is 5.50. The smallest absolute Gasteiger partial charge is 0.182 e. The quantitative estimate of drug-likeness (QED) is 0.928. The SMILES string of the molecule is CCNC1C(S(=O)(=O)c2ccc(C)c(C)c2)CCC1(C)C. The zero-order chi connectivity index (χ0) is 15.8. The minimum atomic E-state index is -3.28. The Balaban J connectivity index is 2.41. The van der Waals surface area contributed by atoms with E-state index in [9.17, 15) is 8.42 Å². The fourth-order valence-electron chi connectivity index (χ4n) is 3.37. The minimum absolute atomic E-state index is 0.0213. The number of rotatable bonds is 4. The van der Waals surface area contributed by atoms with E-state index < -0.39 is 9.84 Å². The molecule has 118 valence electrons. The van der Waals surface area contributed by atoms with Gasteiger partial charge >= 0.3 is 0 Å². The Kier molecular flexibility index (Phi) is 4.50. The third-order valence-corrected chi connectivity index (χ3v) is 7.13. The molecule has 0 saturated heterocycles. The van der Waals surface area contributed by atoms with Crippen LogP contribution in [-0.4, -0.2) is 26.3 Å². The van der Waals surface area contributed by atoms with Crippen molar-refractivity contribution in [2.75, 3.05) is 6.54 Å². The largest absolute Gasteiger partial charge is 0.312 e. The average molecular weight is 309 g/mol. The lowest BCUT2D eigenvalue weighted by Crippen LogP contribution is -2.47. The van der Waals surface area contributed by atoms with Crippen molar-refractivity contribution in [1.29, 1.82) is 0 Å². The summed E-state index contributed by atoms with van der Waals surface area (Å²) >= 11 is 0. The lowest BCUT2D eigenvalue weighted by atomic mass is 9.87. The van der Waals surface area contributed by atoms with Crippen LogP contribution in [0.4, 0.5) is 0 Å². The van der Waals surface area contributed by atoms with Crippen molar-refractivity contribution in [3.63, 3.8) is 0 Å². The highest BCUT2D eigenvalue weighted by Crippen LogP contribution is 2.42. The number of aryl methyl sites for hydroxylation is 2. The van der Waals surface area contributed by atoms with Crippen LogP contribution in [0.1, 0.15) is 44.7 Å². The standard InChI is InChI=1S/C17H27NO2S/c1-6-18-16-15(9-10-17(16,4)5)21(19,20)14-8-7-12(2)13(3)11-14/h7-8,11,15-16,18H,6,9-10H2,1-5H3. The molecule has 1 aromatic rings. The summed E-state index contributed by atoms with van der Waals surface area (Å²) in [6.45, 7) is 11.1. The third-order valence-electron chi connectivity index (χ3n) is 4.92. The second-order valence-electron chi connectivity index (χ2n) is 6.89.